The molecule has 13 heteroatoms. The predicted molar refractivity (Wildman–Crippen MR) is 146 cm³/mol. The molecule has 0 spiro atoms. The number of anilines is 2. The molecule has 2 heterocycles. The van der Waals surface area contributed by atoms with Gasteiger partial charge in [-0.2, -0.15) is 0 Å². The number of aliphatic carboxylic acids is 1. The van der Waals surface area contributed by atoms with E-state index in [0.29, 0.717) is 17.0 Å². The van der Waals surface area contributed by atoms with E-state index < -0.39 is 27.8 Å². The summed E-state index contributed by atoms with van der Waals surface area (Å²) in [5.41, 5.74) is 0.974. The molecule has 3 aromatic rings. The first-order valence-electron chi connectivity index (χ1n) is 11.5. The van der Waals surface area contributed by atoms with Crippen molar-refractivity contribution in [3.8, 4) is 5.82 Å². The third-order valence-corrected chi connectivity index (χ3v) is 8.29. The minimum atomic E-state index is -4.14. The zero-order valence-corrected chi connectivity index (χ0v) is 22.3. The summed E-state index contributed by atoms with van der Waals surface area (Å²) in [7, 11) is -2.24. The van der Waals surface area contributed by atoms with Crippen LogP contribution < -0.4 is 14.9 Å². The van der Waals surface area contributed by atoms with Crippen LogP contribution in [0.5, 0.6) is 0 Å². The lowest BCUT2D eigenvalue weighted by Crippen LogP contribution is -2.41. The summed E-state index contributed by atoms with van der Waals surface area (Å²) in [5, 5.41) is 24.4. The molecule has 0 fully saturated rings. The molecule has 3 N–H and O–H groups in total. The van der Waals surface area contributed by atoms with E-state index in [1.54, 1.807) is 30.5 Å². The number of carboxylic acid groups (broad SMARTS) is 1. The molecule has 4 rings (SSSR count). The molecule has 2 aromatic heterocycles. The summed E-state index contributed by atoms with van der Waals surface area (Å²) < 4.78 is 29.6. The fraction of sp³-hybridized carbons (Fsp3) is 0.292. The summed E-state index contributed by atoms with van der Waals surface area (Å²) in [5.74, 6) is -0.0365. The molecule has 1 aliphatic carbocycles. The number of benzene rings is 1. The summed E-state index contributed by atoms with van der Waals surface area (Å²) >= 11 is 12.1. The fourth-order valence-electron chi connectivity index (χ4n) is 4.01. The minimum absolute atomic E-state index is 0.00780. The zero-order chi connectivity index (χ0) is 26.6. The molecule has 37 heavy (non-hydrogen) atoms. The Hall–Kier alpha value is -3.12. The van der Waals surface area contributed by atoms with Crippen molar-refractivity contribution < 1.29 is 18.3 Å². The molecular formula is C24H26Cl2N6O4S. The first-order chi connectivity index (χ1) is 17.7. The van der Waals surface area contributed by atoms with Gasteiger partial charge in [-0.25, -0.2) is 8.42 Å². The molecule has 0 bridgehead atoms. The Labute approximate surface area is 224 Å². The molecule has 0 saturated carbocycles. The monoisotopic (exact) mass is 564 g/mol. The number of aromatic nitrogens is 3. The number of sulfonamides is 1. The van der Waals surface area contributed by atoms with E-state index in [1.807, 2.05) is 23.7 Å². The second-order valence-corrected chi connectivity index (χ2v) is 11.4. The van der Waals surface area contributed by atoms with E-state index >= 15 is 0 Å². The van der Waals surface area contributed by atoms with Gasteiger partial charge in [0.2, 0.25) is 10.0 Å². The SMILES string of the molecule is CNCCCNc1ccc(-n2ccc3cc(N(CC(=O)O)S(=O)(=O)C4C=C(Cl)C=C(Cl)C4)ccc32)nn1. The molecule has 0 saturated heterocycles. The van der Waals surface area contributed by atoms with Crippen LogP contribution in [0.15, 0.2) is 64.8 Å². The van der Waals surface area contributed by atoms with Crippen molar-refractivity contribution in [3.05, 3.63) is 64.8 Å². The Balaban J connectivity index is 1.61. The second-order valence-electron chi connectivity index (χ2n) is 8.42. The molecule has 0 aliphatic heterocycles. The van der Waals surface area contributed by atoms with E-state index in [0.717, 1.165) is 29.3 Å². The highest BCUT2D eigenvalue weighted by atomic mass is 35.5. The Morgan fingerprint density at radius 3 is 2.68 bits per heavy atom. The van der Waals surface area contributed by atoms with Gasteiger partial charge in [-0.15, -0.1) is 10.2 Å². The normalized spacial score (nSPS) is 15.8. The number of halogens is 2. The summed E-state index contributed by atoms with van der Waals surface area (Å²) in [4.78, 5) is 11.6. The van der Waals surface area contributed by atoms with Gasteiger partial charge in [0.1, 0.15) is 17.6 Å². The van der Waals surface area contributed by atoms with Crippen LogP contribution in [0.4, 0.5) is 11.5 Å². The highest BCUT2D eigenvalue weighted by Crippen LogP contribution is 2.32. The maximum Gasteiger partial charge on any atom is 0.324 e. The number of fused-ring (bicyclic) bond motifs is 1. The predicted octanol–water partition coefficient (Wildman–Crippen LogP) is 3.68. The van der Waals surface area contributed by atoms with E-state index in [2.05, 4.69) is 20.8 Å². The number of allylic oxidation sites excluding steroid dienone is 3. The second kappa shape index (κ2) is 11.5. The van der Waals surface area contributed by atoms with Crippen LogP contribution in [-0.2, 0) is 14.8 Å². The van der Waals surface area contributed by atoms with Gasteiger partial charge in [0.15, 0.2) is 5.82 Å². The van der Waals surface area contributed by atoms with Crippen molar-refractivity contribution in [1.29, 1.82) is 0 Å². The van der Waals surface area contributed by atoms with Crippen molar-refractivity contribution >= 4 is 61.6 Å². The van der Waals surface area contributed by atoms with Crippen LogP contribution in [0.2, 0.25) is 0 Å². The molecular weight excluding hydrogens is 539 g/mol. The first-order valence-corrected chi connectivity index (χ1v) is 13.8. The number of nitrogens with one attached hydrogen (secondary N) is 2. The molecule has 1 aromatic carbocycles. The van der Waals surface area contributed by atoms with Gasteiger partial charge in [-0.05, 0) is 68.6 Å². The molecule has 0 amide bonds. The lowest BCUT2D eigenvalue weighted by Gasteiger charge is -2.28. The van der Waals surface area contributed by atoms with Crippen LogP contribution in [-0.4, -0.2) is 66.2 Å². The van der Waals surface area contributed by atoms with Gasteiger partial charge in [0, 0.05) is 34.6 Å². The van der Waals surface area contributed by atoms with E-state index in [9.17, 15) is 18.3 Å². The van der Waals surface area contributed by atoms with Crippen molar-refractivity contribution in [2.45, 2.75) is 18.1 Å². The average molecular weight is 565 g/mol. The highest BCUT2D eigenvalue weighted by molar-refractivity contribution is 7.93. The molecule has 1 aliphatic rings. The standard InChI is InChI=1S/C24H26Cl2N6O4S/c1-27-8-2-9-28-22-5-6-23(30-29-22)31-10-7-16-11-19(3-4-21(16)31)32(15-24(33)34)37(35,36)20-13-17(25)12-18(26)14-20/h3-7,10-13,20,27H,2,8-9,14-15H2,1H3,(H,28,29)(H,33,34). The Morgan fingerprint density at radius 1 is 1.19 bits per heavy atom. The molecule has 1 unspecified atom stereocenters. The highest BCUT2D eigenvalue weighted by Gasteiger charge is 2.34. The number of hydrogen-bond donors (Lipinski definition) is 3. The van der Waals surface area contributed by atoms with Crippen LogP contribution in [0.3, 0.4) is 0 Å². The van der Waals surface area contributed by atoms with Crippen LogP contribution in [0.25, 0.3) is 16.7 Å². The van der Waals surface area contributed by atoms with Gasteiger partial charge in [-0.1, -0.05) is 23.2 Å². The fourth-order valence-corrected chi connectivity index (χ4v) is 6.53. The van der Waals surface area contributed by atoms with Gasteiger partial charge < -0.3 is 15.7 Å². The Bertz CT molecular complexity index is 1450. The minimum Gasteiger partial charge on any atom is -0.480 e. The third kappa shape index (κ3) is 6.24. The van der Waals surface area contributed by atoms with Gasteiger partial charge in [-0.3, -0.25) is 13.7 Å². The smallest absolute Gasteiger partial charge is 0.324 e. The maximum atomic E-state index is 13.5. The quantitative estimate of drug-likeness (QED) is 0.301. The van der Waals surface area contributed by atoms with E-state index in [1.165, 1.54) is 12.2 Å². The third-order valence-electron chi connectivity index (χ3n) is 5.77. The van der Waals surface area contributed by atoms with E-state index in [4.69, 9.17) is 23.2 Å². The number of rotatable bonds is 11. The summed E-state index contributed by atoms with van der Waals surface area (Å²) in [6.07, 6.45) is 5.59. The first kappa shape index (κ1) is 26.9. The molecule has 196 valence electrons. The van der Waals surface area contributed by atoms with Crippen molar-refractivity contribution in [3.63, 3.8) is 0 Å². The zero-order valence-electron chi connectivity index (χ0n) is 19.9. The molecule has 1 atom stereocenters. The average Bonchev–Trinajstić information content (AvgIpc) is 3.28. The van der Waals surface area contributed by atoms with Gasteiger partial charge in [0.25, 0.3) is 0 Å². The van der Waals surface area contributed by atoms with Crippen molar-refractivity contribution in [2.75, 3.05) is 36.3 Å². The number of hydrogen-bond acceptors (Lipinski definition) is 7. The van der Waals surface area contributed by atoms with Crippen molar-refractivity contribution in [1.82, 2.24) is 20.1 Å². The largest absolute Gasteiger partial charge is 0.480 e. The maximum absolute atomic E-state index is 13.5. The number of nitrogens with zero attached hydrogens (tertiary/aromatic N) is 4. The Kier molecular flexibility index (Phi) is 8.38. The van der Waals surface area contributed by atoms with Crippen LogP contribution in [0, 0.1) is 0 Å². The molecule has 10 nitrogen and oxygen atoms in total. The summed E-state index contributed by atoms with van der Waals surface area (Å²) in [6.45, 7) is 0.925. The van der Waals surface area contributed by atoms with Crippen molar-refractivity contribution in [2.24, 2.45) is 0 Å². The summed E-state index contributed by atoms with van der Waals surface area (Å²) in [6, 6.07) is 10.4. The molecule has 0 radical (unpaired) electrons. The lowest BCUT2D eigenvalue weighted by molar-refractivity contribution is -0.135. The van der Waals surface area contributed by atoms with Gasteiger partial charge >= 0.3 is 5.97 Å². The van der Waals surface area contributed by atoms with E-state index in [-0.39, 0.29) is 22.2 Å². The lowest BCUT2D eigenvalue weighted by atomic mass is 10.2. The topological polar surface area (TPSA) is 129 Å². The Morgan fingerprint density at radius 2 is 2.00 bits per heavy atom. The van der Waals surface area contributed by atoms with Crippen LogP contribution >= 0.6 is 23.2 Å². The number of carbonyl (C=O) groups is 1. The van der Waals surface area contributed by atoms with Gasteiger partial charge in [0.05, 0.1) is 11.2 Å². The van der Waals surface area contributed by atoms with Crippen LogP contribution in [0.1, 0.15) is 12.8 Å². The number of carboxylic acids is 1.